The van der Waals surface area contributed by atoms with Gasteiger partial charge in [-0.3, -0.25) is 9.59 Å². The molecule has 4 aromatic rings. The average Bonchev–Trinajstić information content (AvgIpc) is 3.24. The smallest absolute Gasteiger partial charge is 0.264 e. The molecule has 4 rings (SSSR count). The number of benzene rings is 2. The van der Waals surface area contributed by atoms with Crippen molar-refractivity contribution >= 4 is 16.9 Å². The molecule has 0 aliphatic heterocycles. The van der Waals surface area contributed by atoms with Crippen LogP contribution in [0.3, 0.4) is 0 Å². The standard InChI is InChI=1S/C28H32N4O3/c1-4-23(31(15-9-14-29)27(33)22-13-8-10-19(2)16-22)24-17-25-26(20(3)30-35-25)28(34)32(24)18-21-11-6-5-7-12-21/h5-8,10-13,16-17,23H,4,9,14-15,18,29H2,1-3H3. The Morgan fingerprint density at radius 2 is 1.89 bits per heavy atom. The lowest BCUT2D eigenvalue weighted by molar-refractivity contribution is 0.0660. The number of carbonyl (C=O) groups excluding carboxylic acids is 1. The van der Waals surface area contributed by atoms with Gasteiger partial charge >= 0.3 is 0 Å². The molecule has 7 nitrogen and oxygen atoms in total. The summed E-state index contributed by atoms with van der Waals surface area (Å²) in [5.41, 5.74) is 10.0. The topological polar surface area (TPSA) is 94.4 Å². The second-order valence-corrected chi connectivity index (χ2v) is 8.89. The molecule has 1 amide bonds. The monoisotopic (exact) mass is 472 g/mol. The van der Waals surface area contributed by atoms with Crippen LogP contribution in [0.4, 0.5) is 0 Å². The van der Waals surface area contributed by atoms with Crippen LogP contribution in [-0.4, -0.2) is 33.6 Å². The summed E-state index contributed by atoms with van der Waals surface area (Å²) in [6, 6.07) is 18.9. The third kappa shape index (κ3) is 5.05. The van der Waals surface area contributed by atoms with E-state index in [-0.39, 0.29) is 17.5 Å². The van der Waals surface area contributed by atoms with Crippen molar-refractivity contribution in [3.63, 3.8) is 0 Å². The number of aromatic nitrogens is 2. The van der Waals surface area contributed by atoms with Crippen LogP contribution in [0.2, 0.25) is 0 Å². The van der Waals surface area contributed by atoms with E-state index in [9.17, 15) is 9.59 Å². The summed E-state index contributed by atoms with van der Waals surface area (Å²) in [6.45, 7) is 7.09. The quantitative estimate of drug-likeness (QED) is 0.384. The average molecular weight is 473 g/mol. The lowest BCUT2D eigenvalue weighted by Crippen LogP contribution is -2.39. The first-order valence-electron chi connectivity index (χ1n) is 12.1. The molecule has 0 spiro atoms. The van der Waals surface area contributed by atoms with Crippen molar-refractivity contribution in [2.75, 3.05) is 13.1 Å². The third-order valence-electron chi connectivity index (χ3n) is 6.36. The van der Waals surface area contributed by atoms with Gasteiger partial charge in [0.25, 0.3) is 11.5 Å². The number of fused-ring (bicyclic) bond motifs is 1. The largest absolute Gasteiger partial charge is 0.356 e. The van der Waals surface area contributed by atoms with E-state index in [1.165, 1.54) is 0 Å². The van der Waals surface area contributed by atoms with Gasteiger partial charge in [-0.05, 0) is 50.9 Å². The van der Waals surface area contributed by atoms with Crippen LogP contribution in [0.5, 0.6) is 0 Å². The maximum Gasteiger partial charge on any atom is 0.264 e. The summed E-state index contributed by atoms with van der Waals surface area (Å²) in [5.74, 6) is -0.0819. The van der Waals surface area contributed by atoms with E-state index in [1.807, 2.05) is 79.4 Å². The lowest BCUT2D eigenvalue weighted by Gasteiger charge is -2.33. The molecule has 0 saturated carbocycles. The highest BCUT2D eigenvalue weighted by Crippen LogP contribution is 2.29. The Morgan fingerprint density at radius 1 is 1.11 bits per heavy atom. The minimum absolute atomic E-state index is 0.0819. The zero-order valence-electron chi connectivity index (χ0n) is 20.5. The molecule has 2 heterocycles. The molecule has 0 aliphatic rings. The first-order valence-corrected chi connectivity index (χ1v) is 12.1. The highest BCUT2D eigenvalue weighted by atomic mass is 16.5. The molecule has 2 aromatic carbocycles. The summed E-state index contributed by atoms with van der Waals surface area (Å²) in [5, 5.41) is 4.50. The predicted octanol–water partition coefficient (Wildman–Crippen LogP) is 4.60. The molecular weight excluding hydrogens is 440 g/mol. The Hall–Kier alpha value is -3.71. The molecular formula is C28H32N4O3. The van der Waals surface area contributed by atoms with Crippen molar-refractivity contribution in [1.82, 2.24) is 14.6 Å². The number of rotatable bonds is 9. The summed E-state index contributed by atoms with van der Waals surface area (Å²) < 4.78 is 7.26. The van der Waals surface area contributed by atoms with Gasteiger partial charge in [0.15, 0.2) is 5.58 Å². The van der Waals surface area contributed by atoms with Crippen LogP contribution in [-0.2, 0) is 6.54 Å². The molecule has 0 fully saturated rings. The van der Waals surface area contributed by atoms with Crippen LogP contribution >= 0.6 is 0 Å². The Balaban J connectivity index is 1.88. The maximum absolute atomic E-state index is 13.8. The SMILES string of the molecule is CCC(c1cc2onc(C)c2c(=O)n1Cc1ccccc1)N(CCCN)C(=O)c1cccc(C)c1. The van der Waals surface area contributed by atoms with E-state index in [1.54, 1.807) is 11.5 Å². The van der Waals surface area contributed by atoms with E-state index < -0.39 is 0 Å². The van der Waals surface area contributed by atoms with Crippen molar-refractivity contribution in [1.29, 1.82) is 0 Å². The number of hydrogen-bond acceptors (Lipinski definition) is 5. The Labute approximate surface area is 205 Å². The Bertz CT molecular complexity index is 1370. The van der Waals surface area contributed by atoms with Gasteiger partial charge in [-0.15, -0.1) is 0 Å². The van der Waals surface area contributed by atoms with Gasteiger partial charge in [-0.25, -0.2) is 0 Å². The number of aryl methyl sites for hydroxylation is 2. The molecule has 0 bridgehead atoms. The van der Waals surface area contributed by atoms with E-state index in [4.69, 9.17) is 10.3 Å². The van der Waals surface area contributed by atoms with Gasteiger partial charge in [0.1, 0.15) is 5.39 Å². The maximum atomic E-state index is 13.8. The van der Waals surface area contributed by atoms with Gasteiger partial charge in [-0.2, -0.15) is 0 Å². The van der Waals surface area contributed by atoms with Crippen LogP contribution in [0, 0.1) is 13.8 Å². The number of amides is 1. The highest BCUT2D eigenvalue weighted by molar-refractivity contribution is 5.94. The normalized spacial score (nSPS) is 12.1. The van der Waals surface area contributed by atoms with E-state index in [0.717, 1.165) is 16.8 Å². The molecule has 1 atom stereocenters. The molecule has 2 aromatic heterocycles. The molecule has 7 heteroatoms. The first-order chi connectivity index (χ1) is 16.9. The first kappa shape index (κ1) is 24.4. The highest BCUT2D eigenvalue weighted by Gasteiger charge is 2.29. The van der Waals surface area contributed by atoms with Crippen molar-refractivity contribution in [3.05, 3.63) is 99.1 Å². The van der Waals surface area contributed by atoms with Gasteiger partial charge in [0, 0.05) is 23.9 Å². The third-order valence-corrected chi connectivity index (χ3v) is 6.36. The second kappa shape index (κ2) is 10.7. The molecule has 182 valence electrons. The van der Waals surface area contributed by atoms with Crippen molar-refractivity contribution in [2.45, 2.75) is 46.2 Å². The van der Waals surface area contributed by atoms with Gasteiger partial charge < -0.3 is 19.7 Å². The minimum atomic E-state index is -0.346. The molecule has 2 N–H and O–H groups in total. The van der Waals surface area contributed by atoms with Crippen LogP contribution in [0.25, 0.3) is 11.0 Å². The Morgan fingerprint density at radius 3 is 2.57 bits per heavy atom. The van der Waals surface area contributed by atoms with Gasteiger partial charge in [0.2, 0.25) is 0 Å². The predicted molar refractivity (Wildman–Crippen MR) is 137 cm³/mol. The molecule has 0 aliphatic carbocycles. The fourth-order valence-corrected chi connectivity index (χ4v) is 4.61. The Kier molecular flexibility index (Phi) is 7.46. The zero-order chi connectivity index (χ0) is 24.9. The summed E-state index contributed by atoms with van der Waals surface area (Å²) in [6.07, 6.45) is 1.27. The number of nitrogens with two attached hydrogens (primary N) is 1. The second-order valence-electron chi connectivity index (χ2n) is 8.89. The fraction of sp³-hybridized carbons (Fsp3) is 0.321. The molecule has 0 radical (unpaired) electrons. The molecule has 0 saturated heterocycles. The summed E-state index contributed by atoms with van der Waals surface area (Å²) in [4.78, 5) is 29.3. The van der Waals surface area contributed by atoms with Crippen LogP contribution in [0.1, 0.15) is 58.7 Å². The lowest BCUT2D eigenvalue weighted by atomic mass is 10.0. The molecule has 35 heavy (non-hydrogen) atoms. The minimum Gasteiger partial charge on any atom is -0.356 e. The van der Waals surface area contributed by atoms with Crippen molar-refractivity contribution < 1.29 is 9.32 Å². The number of hydrogen-bond donors (Lipinski definition) is 1. The van der Waals surface area contributed by atoms with E-state index in [0.29, 0.717) is 54.7 Å². The summed E-state index contributed by atoms with van der Waals surface area (Å²) >= 11 is 0. The number of nitrogens with zero attached hydrogens (tertiary/aromatic N) is 3. The van der Waals surface area contributed by atoms with Crippen LogP contribution < -0.4 is 11.3 Å². The van der Waals surface area contributed by atoms with E-state index in [2.05, 4.69) is 5.16 Å². The zero-order valence-corrected chi connectivity index (χ0v) is 20.5. The number of pyridine rings is 1. The van der Waals surface area contributed by atoms with Gasteiger partial charge in [0.05, 0.1) is 18.3 Å². The molecule has 1 unspecified atom stereocenters. The van der Waals surface area contributed by atoms with E-state index >= 15 is 0 Å². The fourth-order valence-electron chi connectivity index (χ4n) is 4.61. The van der Waals surface area contributed by atoms with Crippen LogP contribution in [0.15, 0.2) is 70.0 Å². The van der Waals surface area contributed by atoms with Gasteiger partial charge in [-0.1, -0.05) is 60.1 Å². The number of carbonyl (C=O) groups is 1. The summed E-state index contributed by atoms with van der Waals surface area (Å²) in [7, 11) is 0. The van der Waals surface area contributed by atoms with Crippen molar-refractivity contribution in [3.8, 4) is 0 Å². The van der Waals surface area contributed by atoms with Crippen molar-refractivity contribution in [2.24, 2.45) is 5.73 Å².